The van der Waals surface area contributed by atoms with Gasteiger partial charge in [0.15, 0.2) is 0 Å². The third kappa shape index (κ3) is 2.89. The lowest BCUT2D eigenvalue weighted by Gasteiger charge is -2.19. The SMILES string of the molecule is Cc1c(N)cc(Br)cc1S(=O)(=O)N(C)Cc1ccoc1. The predicted molar refractivity (Wildman–Crippen MR) is 80.7 cm³/mol. The normalized spacial score (nSPS) is 12.0. The average Bonchev–Trinajstić information content (AvgIpc) is 2.86. The average molecular weight is 359 g/mol. The highest BCUT2D eigenvalue weighted by molar-refractivity contribution is 9.10. The summed E-state index contributed by atoms with van der Waals surface area (Å²) in [4.78, 5) is 0.204. The summed E-state index contributed by atoms with van der Waals surface area (Å²) in [7, 11) is -2.08. The summed E-state index contributed by atoms with van der Waals surface area (Å²) in [5, 5.41) is 0. The van der Waals surface area contributed by atoms with Gasteiger partial charge in [0.05, 0.1) is 17.4 Å². The van der Waals surface area contributed by atoms with Crippen molar-refractivity contribution in [3.8, 4) is 0 Å². The first-order valence-corrected chi connectivity index (χ1v) is 8.08. The molecule has 0 aliphatic heterocycles. The lowest BCUT2D eigenvalue weighted by Crippen LogP contribution is -2.27. The van der Waals surface area contributed by atoms with E-state index in [0.29, 0.717) is 15.7 Å². The van der Waals surface area contributed by atoms with Crippen LogP contribution in [0.2, 0.25) is 0 Å². The zero-order valence-electron chi connectivity index (χ0n) is 11.1. The molecule has 0 bridgehead atoms. The summed E-state index contributed by atoms with van der Waals surface area (Å²) in [5.74, 6) is 0. The largest absolute Gasteiger partial charge is 0.472 e. The summed E-state index contributed by atoms with van der Waals surface area (Å²) in [6.45, 7) is 1.94. The topological polar surface area (TPSA) is 76.5 Å². The molecule has 5 nitrogen and oxygen atoms in total. The number of nitrogens with two attached hydrogens (primary N) is 1. The van der Waals surface area contributed by atoms with Gasteiger partial charge in [-0.15, -0.1) is 0 Å². The summed E-state index contributed by atoms with van der Waals surface area (Å²) < 4.78 is 32.1. The van der Waals surface area contributed by atoms with Crippen LogP contribution in [-0.2, 0) is 16.6 Å². The molecule has 0 spiro atoms. The number of furan rings is 1. The molecule has 7 heteroatoms. The van der Waals surface area contributed by atoms with Gasteiger partial charge < -0.3 is 10.2 Å². The number of nitrogens with zero attached hydrogens (tertiary/aromatic N) is 1. The Morgan fingerprint density at radius 1 is 1.40 bits per heavy atom. The number of hydrogen-bond acceptors (Lipinski definition) is 4. The first-order chi connectivity index (χ1) is 9.32. The fraction of sp³-hybridized carbons (Fsp3) is 0.231. The minimum absolute atomic E-state index is 0.204. The molecule has 20 heavy (non-hydrogen) atoms. The lowest BCUT2D eigenvalue weighted by atomic mass is 10.2. The zero-order chi connectivity index (χ0) is 14.9. The fourth-order valence-electron chi connectivity index (χ4n) is 1.83. The highest BCUT2D eigenvalue weighted by atomic mass is 79.9. The number of halogens is 1. The molecule has 0 unspecified atom stereocenters. The van der Waals surface area contributed by atoms with Gasteiger partial charge in [0, 0.05) is 29.3 Å². The van der Waals surface area contributed by atoms with Gasteiger partial charge in [0.25, 0.3) is 0 Å². The van der Waals surface area contributed by atoms with Crippen molar-refractivity contribution < 1.29 is 12.8 Å². The number of anilines is 1. The monoisotopic (exact) mass is 358 g/mol. The quantitative estimate of drug-likeness (QED) is 0.852. The first kappa shape index (κ1) is 15.1. The molecule has 108 valence electrons. The molecule has 0 fully saturated rings. The van der Waals surface area contributed by atoms with Crippen LogP contribution in [0.1, 0.15) is 11.1 Å². The number of hydrogen-bond donors (Lipinski definition) is 1. The summed E-state index contributed by atoms with van der Waals surface area (Å²) in [6, 6.07) is 4.98. The van der Waals surface area contributed by atoms with E-state index in [9.17, 15) is 8.42 Å². The Morgan fingerprint density at radius 3 is 2.70 bits per heavy atom. The van der Waals surface area contributed by atoms with E-state index < -0.39 is 10.0 Å². The first-order valence-electron chi connectivity index (χ1n) is 5.85. The van der Waals surface area contributed by atoms with E-state index in [1.165, 1.54) is 23.9 Å². The minimum Gasteiger partial charge on any atom is -0.472 e. The minimum atomic E-state index is -3.61. The molecule has 1 aromatic heterocycles. The van der Waals surface area contributed by atoms with Crippen LogP contribution in [0.3, 0.4) is 0 Å². The fourth-order valence-corrected chi connectivity index (χ4v) is 3.90. The molecule has 0 aliphatic carbocycles. The van der Waals surface area contributed by atoms with Gasteiger partial charge in [0.2, 0.25) is 10.0 Å². The van der Waals surface area contributed by atoms with Gasteiger partial charge in [-0.05, 0) is 30.7 Å². The van der Waals surface area contributed by atoms with Crippen molar-refractivity contribution in [2.75, 3.05) is 12.8 Å². The number of nitrogen functional groups attached to an aromatic ring is 1. The maximum absolute atomic E-state index is 12.6. The zero-order valence-corrected chi connectivity index (χ0v) is 13.5. The van der Waals surface area contributed by atoms with E-state index in [0.717, 1.165) is 5.56 Å². The molecule has 0 saturated heterocycles. The van der Waals surface area contributed by atoms with Crippen molar-refractivity contribution in [3.05, 3.63) is 46.3 Å². The summed E-state index contributed by atoms with van der Waals surface area (Å²) in [6.07, 6.45) is 3.03. The molecule has 1 heterocycles. The van der Waals surface area contributed by atoms with Crippen LogP contribution in [0.15, 0.2) is 44.5 Å². The van der Waals surface area contributed by atoms with Crippen molar-refractivity contribution in [1.29, 1.82) is 0 Å². The van der Waals surface area contributed by atoms with Crippen molar-refractivity contribution in [2.24, 2.45) is 0 Å². The van der Waals surface area contributed by atoms with Gasteiger partial charge in [-0.3, -0.25) is 0 Å². The second-order valence-corrected chi connectivity index (χ2v) is 7.44. The van der Waals surface area contributed by atoms with Crippen molar-refractivity contribution in [3.63, 3.8) is 0 Å². The van der Waals surface area contributed by atoms with E-state index in [2.05, 4.69) is 15.9 Å². The van der Waals surface area contributed by atoms with Crippen LogP contribution in [0, 0.1) is 6.92 Å². The van der Waals surface area contributed by atoms with E-state index in [1.807, 2.05) is 0 Å². The second-order valence-electron chi connectivity index (χ2n) is 4.51. The van der Waals surface area contributed by atoms with E-state index >= 15 is 0 Å². The molecule has 0 aliphatic rings. The number of sulfonamides is 1. The van der Waals surface area contributed by atoms with E-state index in [-0.39, 0.29) is 11.4 Å². The predicted octanol–water partition coefficient (Wildman–Crippen LogP) is 2.75. The van der Waals surface area contributed by atoms with Gasteiger partial charge in [-0.2, -0.15) is 4.31 Å². The van der Waals surface area contributed by atoms with Crippen molar-refractivity contribution in [2.45, 2.75) is 18.4 Å². The Hall–Kier alpha value is -1.31. The van der Waals surface area contributed by atoms with Crippen LogP contribution >= 0.6 is 15.9 Å². The standard InChI is InChI=1S/C13H15BrN2O3S/c1-9-12(15)5-11(14)6-13(9)20(17,18)16(2)7-10-3-4-19-8-10/h3-6,8H,7,15H2,1-2H3. The lowest BCUT2D eigenvalue weighted by molar-refractivity contribution is 0.463. The van der Waals surface area contributed by atoms with Crippen LogP contribution < -0.4 is 5.73 Å². The van der Waals surface area contributed by atoms with Crippen LogP contribution in [-0.4, -0.2) is 19.8 Å². The Balaban J connectivity index is 2.40. The highest BCUT2D eigenvalue weighted by Crippen LogP contribution is 2.28. The molecule has 0 amide bonds. The number of rotatable bonds is 4. The Kier molecular flexibility index (Phi) is 4.22. The van der Waals surface area contributed by atoms with E-state index in [1.54, 1.807) is 25.1 Å². The molecule has 0 radical (unpaired) electrons. The molecule has 2 aromatic rings. The molecule has 0 atom stereocenters. The molecular formula is C13H15BrN2O3S. The third-order valence-corrected chi connectivity index (χ3v) is 5.43. The molecule has 0 saturated carbocycles. The highest BCUT2D eigenvalue weighted by Gasteiger charge is 2.24. The smallest absolute Gasteiger partial charge is 0.243 e. The van der Waals surface area contributed by atoms with Gasteiger partial charge in [-0.25, -0.2) is 8.42 Å². The van der Waals surface area contributed by atoms with Crippen LogP contribution in [0.5, 0.6) is 0 Å². The van der Waals surface area contributed by atoms with Crippen molar-refractivity contribution >= 4 is 31.6 Å². The van der Waals surface area contributed by atoms with Crippen molar-refractivity contribution in [1.82, 2.24) is 4.31 Å². The molecular weight excluding hydrogens is 344 g/mol. The van der Waals surface area contributed by atoms with Gasteiger partial charge >= 0.3 is 0 Å². The summed E-state index contributed by atoms with van der Waals surface area (Å²) >= 11 is 3.27. The Morgan fingerprint density at radius 2 is 2.10 bits per heavy atom. The van der Waals surface area contributed by atoms with Crippen LogP contribution in [0.4, 0.5) is 5.69 Å². The second kappa shape index (κ2) is 5.59. The maximum Gasteiger partial charge on any atom is 0.243 e. The maximum atomic E-state index is 12.6. The number of benzene rings is 1. The van der Waals surface area contributed by atoms with Gasteiger partial charge in [0.1, 0.15) is 0 Å². The van der Waals surface area contributed by atoms with E-state index in [4.69, 9.17) is 10.2 Å². The third-order valence-electron chi connectivity index (χ3n) is 3.04. The molecule has 1 aromatic carbocycles. The Labute approximate surface area is 126 Å². The van der Waals surface area contributed by atoms with Crippen LogP contribution in [0.25, 0.3) is 0 Å². The Bertz CT molecular complexity index is 711. The summed E-state index contributed by atoms with van der Waals surface area (Å²) in [5.41, 5.74) is 7.60. The molecule has 2 rings (SSSR count). The molecule has 2 N–H and O–H groups in total. The van der Waals surface area contributed by atoms with Gasteiger partial charge in [-0.1, -0.05) is 15.9 Å².